The van der Waals surface area contributed by atoms with Crippen molar-refractivity contribution in [2.75, 3.05) is 26.7 Å². The van der Waals surface area contributed by atoms with Crippen LogP contribution in [0, 0.1) is 11.2 Å². The van der Waals surface area contributed by atoms with E-state index in [-0.39, 0.29) is 17.1 Å². The predicted octanol–water partition coefficient (Wildman–Crippen LogP) is 2.43. The van der Waals surface area contributed by atoms with Crippen LogP contribution in [0.1, 0.15) is 26.7 Å². The first-order chi connectivity index (χ1) is 9.84. The quantitative estimate of drug-likeness (QED) is 0.750. The highest BCUT2D eigenvalue weighted by atomic mass is 19.1. The van der Waals surface area contributed by atoms with E-state index >= 15 is 0 Å². The smallest absolute Gasteiger partial charge is 0.222 e. The van der Waals surface area contributed by atoms with Gasteiger partial charge in [-0.05, 0) is 42.6 Å². The Morgan fingerprint density at radius 3 is 2.52 bits per heavy atom. The predicted molar refractivity (Wildman–Crippen MR) is 81.6 cm³/mol. The van der Waals surface area contributed by atoms with Crippen LogP contribution < -0.4 is 10.5 Å². The van der Waals surface area contributed by atoms with Gasteiger partial charge >= 0.3 is 0 Å². The molecule has 0 aliphatic heterocycles. The highest BCUT2D eigenvalue weighted by Crippen LogP contribution is 2.15. The zero-order valence-electron chi connectivity index (χ0n) is 13.1. The Balaban J connectivity index is 2.25. The molecule has 1 aromatic rings. The zero-order valence-corrected chi connectivity index (χ0v) is 13.1. The van der Waals surface area contributed by atoms with Crippen molar-refractivity contribution in [3.05, 3.63) is 30.1 Å². The lowest BCUT2D eigenvalue weighted by atomic mass is 9.93. The molecule has 0 radical (unpaired) electrons. The molecule has 0 fully saturated rings. The van der Waals surface area contributed by atoms with Crippen molar-refractivity contribution in [2.24, 2.45) is 11.1 Å². The van der Waals surface area contributed by atoms with Crippen LogP contribution in [0.2, 0.25) is 0 Å². The Labute approximate surface area is 126 Å². The summed E-state index contributed by atoms with van der Waals surface area (Å²) in [7, 11) is 1.79. The molecule has 0 bridgehead atoms. The van der Waals surface area contributed by atoms with E-state index in [1.165, 1.54) is 12.1 Å². The van der Waals surface area contributed by atoms with Crippen LogP contribution in [0.5, 0.6) is 5.75 Å². The fourth-order valence-corrected chi connectivity index (χ4v) is 1.93. The van der Waals surface area contributed by atoms with Gasteiger partial charge in [0.1, 0.15) is 11.6 Å². The van der Waals surface area contributed by atoms with E-state index in [0.717, 1.165) is 0 Å². The van der Waals surface area contributed by atoms with Crippen LogP contribution in [-0.2, 0) is 4.79 Å². The van der Waals surface area contributed by atoms with E-state index in [1.807, 2.05) is 13.8 Å². The van der Waals surface area contributed by atoms with Crippen LogP contribution in [0.25, 0.3) is 0 Å². The molecular weight excluding hydrogens is 271 g/mol. The summed E-state index contributed by atoms with van der Waals surface area (Å²) >= 11 is 0. The number of hydrogen-bond donors (Lipinski definition) is 1. The highest BCUT2D eigenvalue weighted by molar-refractivity contribution is 5.75. The van der Waals surface area contributed by atoms with Crippen molar-refractivity contribution in [1.82, 2.24) is 4.90 Å². The zero-order chi connectivity index (χ0) is 15.9. The van der Waals surface area contributed by atoms with Crippen LogP contribution in [0.15, 0.2) is 24.3 Å². The van der Waals surface area contributed by atoms with Crippen LogP contribution in [0.4, 0.5) is 4.39 Å². The minimum absolute atomic E-state index is 0.0744. The van der Waals surface area contributed by atoms with Crippen LogP contribution >= 0.6 is 0 Å². The number of ether oxygens (including phenoxy) is 1. The molecule has 0 aliphatic carbocycles. The molecule has 21 heavy (non-hydrogen) atoms. The normalized spacial score (nSPS) is 11.3. The van der Waals surface area contributed by atoms with Gasteiger partial charge < -0.3 is 15.4 Å². The van der Waals surface area contributed by atoms with E-state index in [1.54, 1.807) is 24.1 Å². The maximum atomic E-state index is 12.7. The fraction of sp³-hybridized carbons (Fsp3) is 0.562. The minimum Gasteiger partial charge on any atom is -0.494 e. The summed E-state index contributed by atoms with van der Waals surface area (Å²) in [5.41, 5.74) is 5.59. The molecule has 118 valence electrons. The number of benzene rings is 1. The third-order valence-electron chi connectivity index (χ3n) is 3.26. The molecular formula is C16H25FN2O2. The molecule has 5 heteroatoms. The average molecular weight is 296 g/mol. The number of nitrogens with two attached hydrogens (primary N) is 1. The molecule has 0 atom stereocenters. The number of hydrogen-bond acceptors (Lipinski definition) is 3. The maximum Gasteiger partial charge on any atom is 0.222 e. The Hall–Kier alpha value is -1.62. The molecule has 0 saturated heterocycles. The Morgan fingerprint density at radius 2 is 1.95 bits per heavy atom. The first-order valence-corrected chi connectivity index (χ1v) is 7.16. The highest BCUT2D eigenvalue weighted by Gasteiger charge is 2.20. The lowest BCUT2D eigenvalue weighted by Gasteiger charge is -2.29. The number of carbonyl (C=O) groups excluding carboxylic acids is 1. The Kier molecular flexibility index (Phi) is 6.62. The molecule has 0 aromatic heterocycles. The summed E-state index contributed by atoms with van der Waals surface area (Å²) in [6.45, 7) is 5.69. The number of carbonyl (C=O) groups is 1. The van der Waals surface area contributed by atoms with Crippen molar-refractivity contribution < 1.29 is 13.9 Å². The molecule has 0 aliphatic rings. The fourth-order valence-electron chi connectivity index (χ4n) is 1.93. The first-order valence-electron chi connectivity index (χ1n) is 7.16. The molecule has 4 nitrogen and oxygen atoms in total. The summed E-state index contributed by atoms with van der Waals surface area (Å²) in [6.07, 6.45) is 1.06. The summed E-state index contributed by atoms with van der Waals surface area (Å²) < 4.78 is 18.2. The molecule has 0 saturated carbocycles. The molecule has 1 amide bonds. The van der Waals surface area contributed by atoms with E-state index in [9.17, 15) is 9.18 Å². The van der Waals surface area contributed by atoms with Gasteiger partial charge in [0.05, 0.1) is 6.61 Å². The molecule has 1 aromatic carbocycles. The third kappa shape index (κ3) is 6.58. The lowest BCUT2D eigenvalue weighted by molar-refractivity contribution is -0.131. The standard InChI is InChI=1S/C16H25FN2O2/c1-16(2,11-18)12-19(3)15(20)5-4-10-21-14-8-6-13(17)7-9-14/h6-9H,4-5,10-12,18H2,1-3H3. The molecule has 1 rings (SSSR count). The van der Waals surface area contributed by atoms with Crippen molar-refractivity contribution in [3.8, 4) is 5.75 Å². The monoisotopic (exact) mass is 296 g/mol. The topological polar surface area (TPSA) is 55.6 Å². The number of rotatable bonds is 8. The summed E-state index contributed by atoms with van der Waals surface area (Å²) in [6, 6.07) is 5.85. The summed E-state index contributed by atoms with van der Waals surface area (Å²) in [5, 5.41) is 0. The first kappa shape index (κ1) is 17.4. The largest absolute Gasteiger partial charge is 0.494 e. The van der Waals surface area contributed by atoms with Crippen molar-refractivity contribution in [3.63, 3.8) is 0 Å². The van der Waals surface area contributed by atoms with E-state index in [2.05, 4.69) is 0 Å². The van der Waals surface area contributed by atoms with Crippen molar-refractivity contribution >= 4 is 5.91 Å². The van der Waals surface area contributed by atoms with E-state index in [0.29, 0.717) is 38.3 Å². The van der Waals surface area contributed by atoms with Crippen LogP contribution in [-0.4, -0.2) is 37.6 Å². The molecule has 2 N–H and O–H groups in total. The molecule has 0 heterocycles. The number of nitrogens with zero attached hydrogens (tertiary/aromatic N) is 1. The van der Waals surface area contributed by atoms with Gasteiger partial charge in [-0.15, -0.1) is 0 Å². The van der Waals surface area contributed by atoms with Gasteiger partial charge in [-0.2, -0.15) is 0 Å². The Morgan fingerprint density at radius 1 is 1.33 bits per heavy atom. The second kappa shape index (κ2) is 7.98. The number of halogens is 1. The average Bonchev–Trinajstić information content (AvgIpc) is 2.44. The third-order valence-corrected chi connectivity index (χ3v) is 3.26. The van der Waals surface area contributed by atoms with Gasteiger partial charge in [0.2, 0.25) is 5.91 Å². The molecule has 0 spiro atoms. The Bertz CT molecular complexity index is 446. The van der Waals surface area contributed by atoms with Gasteiger partial charge in [0, 0.05) is 20.0 Å². The van der Waals surface area contributed by atoms with Crippen LogP contribution in [0.3, 0.4) is 0 Å². The number of amides is 1. The van der Waals surface area contributed by atoms with E-state index < -0.39 is 0 Å². The SMILES string of the molecule is CN(CC(C)(C)CN)C(=O)CCCOc1ccc(F)cc1. The second-order valence-corrected chi connectivity index (χ2v) is 6.02. The van der Waals surface area contributed by atoms with Crippen molar-refractivity contribution in [1.29, 1.82) is 0 Å². The van der Waals surface area contributed by atoms with Crippen molar-refractivity contribution in [2.45, 2.75) is 26.7 Å². The van der Waals surface area contributed by atoms with Gasteiger partial charge in [-0.3, -0.25) is 4.79 Å². The minimum atomic E-state index is -0.290. The summed E-state index contributed by atoms with van der Waals surface area (Å²) in [5.74, 6) is 0.405. The van der Waals surface area contributed by atoms with Gasteiger partial charge in [0.25, 0.3) is 0 Å². The maximum absolute atomic E-state index is 12.7. The van der Waals surface area contributed by atoms with Gasteiger partial charge in [0.15, 0.2) is 0 Å². The second-order valence-electron chi connectivity index (χ2n) is 6.02. The molecule has 0 unspecified atom stereocenters. The van der Waals surface area contributed by atoms with Gasteiger partial charge in [-0.25, -0.2) is 4.39 Å². The van der Waals surface area contributed by atoms with E-state index in [4.69, 9.17) is 10.5 Å². The van der Waals surface area contributed by atoms with Gasteiger partial charge in [-0.1, -0.05) is 13.8 Å². The summed E-state index contributed by atoms with van der Waals surface area (Å²) in [4.78, 5) is 13.7. The lowest BCUT2D eigenvalue weighted by Crippen LogP contribution is -2.39.